The fourth-order valence-corrected chi connectivity index (χ4v) is 1.84. The highest BCUT2D eigenvalue weighted by molar-refractivity contribution is 9.10. The largest absolute Gasteiger partial charge is 0.288 e. The Morgan fingerprint density at radius 3 is 2.44 bits per heavy atom. The molecule has 0 saturated heterocycles. The molecule has 0 aromatic heterocycles. The molecular weight excluding hydrogens is 309 g/mol. The zero-order valence-corrected chi connectivity index (χ0v) is 10.5. The van der Waals surface area contributed by atoms with Gasteiger partial charge in [-0.05, 0) is 40.2 Å². The monoisotopic (exact) mass is 314 g/mol. The van der Waals surface area contributed by atoms with Crippen molar-refractivity contribution in [3.05, 3.63) is 69.4 Å². The number of ketones is 1. The van der Waals surface area contributed by atoms with Crippen molar-refractivity contribution in [2.75, 3.05) is 0 Å². The average Bonchev–Trinajstić information content (AvgIpc) is 2.34. The van der Waals surface area contributed by atoms with Gasteiger partial charge < -0.3 is 0 Å². The van der Waals surface area contributed by atoms with Crippen LogP contribution in [0.2, 0.25) is 0 Å². The van der Waals surface area contributed by atoms with Crippen LogP contribution in [0.4, 0.5) is 13.2 Å². The van der Waals surface area contributed by atoms with Crippen LogP contribution in [-0.4, -0.2) is 5.78 Å². The van der Waals surface area contributed by atoms with E-state index >= 15 is 0 Å². The lowest BCUT2D eigenvalue weighted by Gasteiger charge is -2.05. The second kappa shape index (κ2) is 4.94. The van der Waals surface area contributed by atoms with E-state index in [0.29, 0.717) is 0 Å². The first-order valence-corrected chi connectivity index (χ1v) is 5.74. The zero-order valence-electron chi connectivity index (χ0n) is 8.88. The summed E-state index contributed by atoms with van der Waals surface area (Å²) in [5, 5.41) is 0. The highest BCUT2D eigenvalue weighted by Gasteiger charge is 2.21. The van der Waals surface area contributed by atoms with Gasteiger partial charge in [0, 0.05) is 5.56 Å². The maximum absolute atomic E-state index is 13.7. The van der Waals surface area contributed by atoms with E-state index in [9.17, 15) is 18.0 Å². The van der Waals surface area contributed by atoms with E-state index in [2.05, 4.69) is 15.9 Å². The Hall–Kier alpha value is -1.62. The number of rotatable bonds is 2. The van der Waals surface area contributed by atoms with Crippen LogP contribution in [-0.2, 0) is 0 Å². The molecule has 0 heterocycles. The molecule has 18 heavy (non-hydrogen) atoms. The predicted octanol–water partition coefficient (Wildman–Crippen LogP) is 4.10. The summed E-state index contributed by atoms with van der Waals surface area (Å²) in [7, 11) is 0. The normalized spacial score (nSPS) is 10.4. The van der Waals surface area contributed by atoms with Crippen molar-refractivity contribution in [1.82, 2.24) is 0 Å². The Bertz CT molecular complexity index is 626. The van der Waals surface area contributed by atoms with Crippen molar-refractivity contribution in [2.45, 2.75) is 0 Å². The van der Waals surface area contributed by atoms with Gasteiger partial charge in [-0.15, -0.1) is 0 Å². The molecule has 0 aliphatic heterocycles. The van der Waals surface area contributed by atoms with E-state index in [1.807, 2.05) is 0 Å². The fourth-order valence-electron chi connectivity index (χ4n) is 1.51. The first kappa shape index (κ1) is 12.8. The topological polar surface area (TPSA) is 17.1 Å². The van der Waals surface area contributed by atoms with Gasteiger partial charge in [0.25, 0.3) is 0 Å². The lowest BCUT2D eigenvalue weighted by atomic mass is 10.0. The summed E-state index contributed by atoms with van der Waals surface area (Å²) in [6.07, 6.45) is 0. The van der Waals surface area contributed by atoms with Crippen LogP contribution >= 0.6 is 15.9 Å². The Morgan fingerprint density at radius 1 is 1.06 bits per heavy atom. The molecule has 92 valence electrons. The number of halogens is 4. The highest BCUT2D eigenvalue weighted by atomic mass is 79.9. The average molecular weight is 315 g/mol. The standard InChI is InChI=1S/C13H6BrF3O/c14-9-4-5-10(16)11(12(9)17)13(18)7-2-1-3-8(15)6-7/h1-6H. The summed E-state index contributed by atoms with van der Waals surface area (Å²) in [6, 6.07) is 6.81. The number of benzene rings is 2. The van der Waals surface area contributed by atoms with E-state index in [0.717, 1.165) is 24.3 Å². The van der Waals surface area contributed by atoms with Crippen molar-refractivity contribution in [1.29, 1.82) is 0 Å². The Morgan fingerprint density at radius 2 is 1.78 bits per heavy atom. The molecule has 2 aromatic carbocycles. The maximum Gasteiger partial charge on any atom is 0.199 e. The summed E-state index contributed by atoms with van der Waals surface area (Å²) in [5.41, 5.74) is -0.805. The summed E-state index contributed by atoms with van der Waals surface area (Å²) < 4.78 is 40.1. The summed E-state index contributed by atoms with van der Waals surface area (Å²) in [4.78, 5) is 11.9. The SMILES string of the molecule is O=C(c1cccc(F)c1)c1c(F)ccc(Br)c1F. The molecule has 2 aromatic rings. The summed E-state index contributed by atoms with van der Waals surface area (Å²) in [5.74, 6) is -3.52. The minimum absolute atomic E-state index is 0.0244. The Labute approximate surface area is 109 Å². The number of hydrogen-bond acceptors (Lipinski definition) is 1. The van der Waals surface area contributed by atoms with Gasteiger partial charge in [-0.2, -0.15) is 0 Å². The number of carbonyl (C=O) groups is 1. The first-order chi connectivity index (χ1) is 8.50. The van der Waals surface area contributed by atoms with E-state index in [-0.39, 0.29) is 10.0 Å². The van der Waals surface area contributed by atoms with Gasteiger partial charge in [-0.25, -0.2) is 13.2 Å². The summed E-state index contributed by atoms with van der Waals surface area (Å²) in [6.45, 7) is 0. The van der Waals surface area contributed by atoms with Gasteiger partial charge in [0.15, 0.2) is 11.6 Å². The van der Waals surface area contributed by atoms with Crippen LogP contribution in [0, 0.1) is 17.5 Å². The first-order valence-electron chi connectivity index (χ1n) is 4.94. The van der Waals surface area contributed by atoms with Crippen LogP contribution in [0.3, 0.4) is 0 Å². The van der Waals surface area contributed by atoms with Crippen LogP contribution < -0.4 is 0 Å². The van der Waals surface area contributed by atoms with Gasteiger partial charge in [0.1, 0.15) is 11.6 Å². The lowest BCUT2D eigenvalue weighted by molar-refractivity contribution is 0.103. The van der Waals surface area contributed by atoms with Gasteiger partial charge in [-0.3, -0.25) is 4.79 Å². The molecule has 0 N–H and O–H groups in total. The van der Waals surface area contributed by atoms with Gasteiger partial charge >= 0.3 is 0 Å². The molecule has 0 bridgehead atoms. The molecule has 5 heteroatoms. The van der Waals surface area contributed by atoms with Crippen molar-refractivity contribution in [3.63, 3.8) is 0 Å². The van der Waals surface area contributed by atoms with Crippen molar-refractivity contribution < 1.29 is 18.0 Å². The van der Waals surface area contributed by atoms with Gasteiger partial charge in [-0.1, -0.05) is 12.1 Å². The molecular formula is C13H6BrF3O. The van der Waals surface area contributed by atoms with E-state index in [1.54, 1.807) is 0 Å². The third-order valence-corrected chi connectivity index (χ3v) is 2.97. The van der Waals surface area contributed by atoms with Crippen molar-refractivity contribution in [3.8, 4) is 0 Å². The third kappa shape index (κ3) is 2.31. The van der Waals surface area contributed by atoms with Crippen LogP contribution in [0.1, 0.15) is 15.9 Å². The van der Waals surface area contributed by atoms with Crippen LogP contribution in [0.15, 0.2) is 40.9 Å². The Balaban J connectivity index is 2.56. The lowest BCUT2D eigenvalue weighted by Crippen LogP contribution is -2.08. The van der Waals surface area contributed by atoms with Crippen LogP contribution in [0.25, 0.3) is 0 Å². The van der Waals surface area contributed by atoms with E-state index in [1.165, 1.54) is 12.1 Å². The third-order valence-electron chi connectivity index (χ3n) is 2.36. The zero-order chi connectivity index (χ0) is 13.3. The predicted molar refractivity (Wildman–Crippen MR) is 63.9 cm³/mol. The molecule has 0 atom stereocenters. The quantitative estimate of drug-likeness (QED) is 0.602. The number of carbonyl (C=O) groups excluding carboxylic acids is 1. The molecule has 0 saturated carbocycles. The molecule has 2 rings (SSSR count). The second-order valence-electron chi connectivity index (χ2n) is 3.56. The molecule has 1 nitrogen and oxygen atoms in total. The smallest absolute Gasteiger partial charge is 0.199 e. The molecule has 0 unspecified atom stereocenters. The molecule has 0 amide bonds. The molecule has 0 spiro atoms. The fraction of sp³-hybridized carbons (Fsp3) is 0. The van der Waals surface area contributed by atoms with Crippen LogP contribution in [0.5, 0.6) is 0 Å². The highest BCUT2D eigenvalue weighted by Crippen LogP contribution is 2.24. The number of hydrogen-bond donors (Lipinski definition) is 0. The minimum Gasteiger partial charge on any atom is -0.288 e. The molecule has 0 fully saturated rings. The molecule has 0 aliphatic rings. The maximum atomic E-state index is 13.7. The Kier molecular flexibility index (Phi) is 3.52. The van der Waals surface area contributed by atoms with E-state index in [4.69, 9.17) is 0 Å². The molecule has 0 aliphatic carbocycles. The van der Waals surface area contributed by atoms with Crippen molar-refractivity contribution in [2.24, 2.45) is 0 Å². The molecule has 0 radical (unpaired) electrons. The van der Waals surface area contributed by atoms with Gasteiger partial charge in [0.05, 0.1) is 10.0 Å². The second-order valence-corrected chi connectivity index (χ2v) is 4.41. The summed E-state index contributed by atoms with van der Waals surface area (Å²) >= 11 is 2.87. The van der Waals surface area contributed by atoms with Gasteiger partial charge in [0.2, 0.25) is 0 Å². The van der Waals surface area contributed by atoms with E-state index < -0.39 is 28.8 Å². The van der Waals surface area contributed by atoms with Crippen molar-refractivity contribution >= 4 is 21.7 Å². The minimum atomic E-state index is -0.996.